The highest BCUT2D eigenvalue weighted by molar-refractivity contribution is 7.90. The molecule has 0 saturated carbocycles. The molecule has 1 aromatic heterocycles. The van der Waals surface area contributed by atoms with Gasteiger partial charge in [-0.1, -0.05) is 12.1 Å². The van der Waals surface area contributed by atoms with Crippen LogP contribution in [-0.2, 0) is 9.84 Å². The minimum atomic E-state index is -3.11. The summed E-state index contributed by atoms with van der Waals surface area (Å²) in [5.74, 6) is 0.443. The SMILES string of the molecule is Cc1cccc(-c2nnnn2C(C)CS(C)(=O)=O)c1N. The normalized spacial score (nSPS) is 13.3. The molecule has 0 aliphatic heterocycles. The Morgan fingerprint density at radius 1 is 1.40 bits per heavy atom. The molecule has 0 aliphatic rings. The van der Waals surface area contributed by atoms with Gasteiger partial charge in [-0.3, -0.25) is 0 Å². The fourth-order valence-electron chi connectivity index (χ4n) is 2.05. The number of para-hydroxylation sites is 1. The van der Waals surface area contributed by atoms with Gasteiger partial charge in [-0.25, -0.2) is 13.1 Å². The molecular weight excluding hydrogens is 278 g/mol. The lowest BCUT2D eigenvalue weighted by atomic mass is 10.1. The van der Waals surface area contributed by atoms with Crippen LogP contribution in [0.2, 0.25) is 0 Å². The maximum absolute atomic E-state index is 11.4. The van der Waals surface area contributed by atoms with Gasteiger partial charge in [-0.2, -0.15) is 0 Å². The predicted molar refractivity (Wildman–Crippen MR) is 76.8 cm³/mol. The molecule has 0 aliphatic carbocycles. The number of sulfone groups is 1. The summed E-state index contributed by atoms with van der Waals surface area (Å²) in [7, 11) is -3.11. The summed E-state index contributed by atoms with van der Waals surface area (Å²) >= 11 is 0. The van der Waals surface area contributed by atoms with Gasteiger partial charge in [0.05, 0.1) is 11.8 Å². The van der Waals surface area contributed by atoms with Crippen molar-refractivity contribution in [3.8, 4) is 11.4 Å². The molecule has 2 aromatic rings. The highest BCUT2D eigenvalue weighted by atomic mass is 32.2. The zero-order valence-electron chi connectivity index (χ0n) is 11.6. The van der Waals surface area contributed by atoms with Crippen LogP contribution in [0.1, 0.15) is 18.5 Å². The molecule has 1 atom stereocenters. The quantitative estimate of drug-likeness (QED) is 0.838. The van der Waals surface area contributed by atoms with E-state index in [1.807, 2.05) is 25.1 Å². The third-order valence-electron chi connectivity index (χ3n) is 3.02. The van der Waals surface area contributed by atoms with Gasteiger partial charge in [0.25, 0.3) is 0 Å². The number of hydrogen-bond donors (Lipinski definition) is 1. The topological polar surface area (TPSA) is 104 Å². The number of nitrogen functional groups attached to an aromatic ring is 1. The first-order valence-corrected chi connectivity index (χ1v) is 8.16. The molecule has 0 fully saturated rings. The van der Waals surface area contributed by atoms with Crippen molar-refractivity contribution in [3.63, 3.8) is 0 Å². The van der Waals surface area contributed by atoms with Gasteiger partial charge in [0.1, 0.15) is 9.84 Å². The molecule has 8 heteroatoms. The summed E-state index contributed by atoms with van der Waals surface area (Å²) in [5.41, 5.74) is 8.26. The number of nitrogens with zero attached hydrogens (tertiary/aromatic N) is 4. The Balaban J connectivity index is 2.45. The molecule has 108 valence electrons. The molecule has 20 heavy (non-hydrogen) atoms. The summed E-state index contributed by atoms with van der Waals surface area (Å²) in [4.78, 5) is 0. The van der Waals surface area contributed by atoms with Crippen LogP contribution in [-0.4, -0.2) is 40.6 Å². The highest BCUT2D eigenvalue weighted by Crippen LogP contribution is 2.27. The van der Waals surface area contributed by atoms with Gasteiger partial charge in [0.2, 0.25) is 0 Å². The van der Waals surface area contributed by atoms with Crippen LogP contribution in [0.25, 0.3) is 11.4 Å². The van der Waals surface area contributed by atoms with E-state index in [9.17, 15) is 8.42 Å². The second kappa shape index (κ2) is 5.20. The number of aromatic nitrogens is 4. The van der Waals surface area contributed by atoms with E-state index in [1.54, 1.807) is 6.92 Å². The largest absolute Gasteiger partial charge is 0.398 e. The smallest absolute Gasteiger partial charge is 0.184 e. The average molecular weight is 295 g/mol. The third-order valence-corrected chi connectivity index (χ3v) is 4.11. The summed E-state index contributed by atoms with van der Waals surface area (Å²) < 4.78 is 24.3. The van der Waals surface area contributed by atoms with Gasteiger partial charge in [0, 0.05) is 17.5 Å². The Hall–Kier alpha value is -1.96. The molecule has 1 unspecified atom stereocenters. The molecule has 0 saturated heterocycles. The molecule has 7 nitrogen and oxygen atoms in total. The minimum absolute atomic E-state index is 0.0310. The summed E-state index contributed by atoms with van der Waals surface area (Å²) in [6.07, 6.45) is 1.19. The summed E-state index contributed by atoms with van der Waals surface area (Å²) in [5, 5.41) is 11.5. The lowest BCUT2D eigenvalue weighted by molar-refractivity contribution is 0.509. The van der Waals surface area contributed by atoms with Crippen LogP contribution in [0.15, 0.2) is 18.2 Å². The molecule has 1 heterocycles. The van der Waals surface area contributed by atoms with Gasteiger partial charge < -0.3 is 5.73 Å². The number of benzene rings is 1. The lowest BCUT2D eigenvalue weighted by Gasteiger charge is -2.13. The van der Waals surface area contributed by atoms with Gasteiger partial charge >= 0.3 is 0 Å². The number of hydrogen-bond acceptors (Lipinski definition) is 6. The zero-order chi connectivity index (χ0) is 14.9. The van der Waals surface area contributed by atoms with E-state index in [0.717, 1.165) is 5.56 Å². The van der Waals surface area contributed by atoms with Gasteiger partial charge in [0.15, 0.2) is 5.82 Å². The van der Waals surface area contributed by atoms with Crippen LogP contribution in [0.3, 0.4) is 0 Å². The summed E-state index contributed by atoms with van der Waals surface area (Å²) in [6.45, 7) is 3.65. The number of tetrazole rings is 1. The fourth-order valence-corrected chi connectivity index (χ4v) is 3.07. The number of aryl methyl sites for hydroxylation is 1. The van der Waals surface area contributed by atoms with E-state index in [-0.39, 0.29) is 11.8 Å². The van der Waals surface area contributed by atoms with E-state index >= 15 is 0 Å². The highest BCUT2D eigenvalue weighted by Gasteiger charge is 2.20. The first-order chi connectivity index (χ1) is 9.29. The van der Waals surface area contributed by atoms with Gasteiger partial charge in [-0.15, -0.1) is 5.10 Å². The average Bonchev–Trinajstić information content (AvgIpc) is 2.79. The van der Waals surface area contributed by atoms with Crippen molar-refractivity contribution in [1.82, 2.24) is 20.2 Å². The van der Waals surface area contributed by atoms with Crippen molar-refractivity contribution < 1.29 is 8.42 Å². The van der Waals surface area contributed by atoms with Crippen molar-refractivity contribution in [2.75, 3.05) is 17.7 Å². The maximum Gasteiger partial charge on any atom is 0.184 e. The molecule has 0 amide bonds. The molecular formula is C12H17N5O2S. The molecule has 2 N–H and O–H groups in total. The maximum atomic E-state index is 11.4. The van der Waals surface area contributed by atoms with E-state index in [2.05, 4.69) is 15.5 Å². The van der Waals surface area contributed by atoms with E-state index < -0.39 is 9.84 Å². The van der Waals surface area contributed by atoms with E-state index in [4.69, 9.17) is 5.73 Å². The van der Waals surface area contributed by atoms with Crippen molar-refractivity contribution in [1.29, 1.82) is 0 Å². The molecule has 0 bridgehead atoms. The monoisotopic (exact) mass is 295 g/mol. The molecule has 0 spiro atoms. The number of nitrogens with two attached hydrogens (primary N) is 1. The van der Waals surface area contributed by atoms with Crippen LogP contribution >= 0.6 is 0 Å². The molecule has 2 rings (SSSR count). The first-order valence-electron chi connectivity index (χ1n) is 6.10. The predicted octanol–water partition coefficient (Wildman–Crippen LogP) is 0.836. The Morgan fingerprint density at radius 2 is 2.10 bits per heavy atom. The van der Waals surface area contributed by atoms with Crippen molar-refractivity contribution in [2.45, 2.75) is 19.9 Å². The minimum Gasteiger partial charge on any atom is -0.398 e. The van der Waals surface area contributed by atoms with Crippen LogP contribution in [0.5, 0.6) is 0 Å². The second-order valence-corrected chi connectivity index (χ2v) is 7.11. The van der Waals surface area contributed by atoms with Crippen molar-refractivity contribution >= 4 is 15.5 Å². The third kappa shape index (κ3) is 2.96. The first kappa shape index (κ1) is 14.4. The Labute approximate surface area is 117 Å². The second-order valence-electron chi connectivity index (χ2n) is 4.92. The fraction of sp³-hybridized carbons (Fsp3) is 0.417. The standard InChI is InChI=1S/C12H17N5O2S/c1-8-5-4-6-10(11(8)13)12-14-15-16-17(12)9(2)7-20(3,18)19/h4-6,9H,7,13H2,1-3H3. The Morgan fingerprint density at radius 3 is 2.75 bits per heavy atom. The van der Waals surface area contributed by atoms with Crippen LogP contribution in [0, 0.1) is 6.92 Å². The lowest BCUT2D eigenvalue weighted by Crippen LogP contribution is -2.18. The van der Waals surface area contributed by atoms with Gasteiger partial charge in [-0.05, 0) is 35.9 Å². The van der Waals surface area contributed by atoms with Crippen molar-refractivity contribution in [3.05, 3.63) is 23.8 Å². The Kier molecular flexibility index (Phi) is 3.76. The van der Waals surface area contributed by atoms with E-state index in [1.165, 1.54) is 10.9 Å². The number of anilines is 1. The zero-order valence-corrected chi connectivity index (χ0v) is 12.4. The van der Waals surface area contributed by atoms with E-state index in [0.29, 0.717) is 17.1 Å². The number of rotatable bonds is 4. The molecule has 0 radical (unpaired) electrons. The van der Waals surface area contributed by atoms with Crippen LogP contribution in [0.4, 0.5) is 5.69 Å². The summed E-state index contributed by atoms with van der Waals surface area (Å²) in [6, 6.07) is 5.21. The molecule has 1 aromatic carbocycles. The van der Waals surface area contributed by atoms with Crippen LogP contribution < -0.4 is 5.73 Å². The van der Waals surface area contributed by atoms with Crippen molar-refractivity contribution in [2.24, 2.45) is 0 Å². The Bertz CT molecular complexity index is 723.